The number of carbonyl (C=O) groups excluding carboxylic acids is 1. The average Bonchev–Trinajstić information content (AvgIpc) is 2.18. The zero-order chi connectivity index (χ0) is 9.90. The molecule has 0 radical (unpaired) electrons. The van der Waals surface area contributed by atoms with Gasteiger partial charge in [-0.2, -0.15) is 0 Å². The van der Waals surface area contributed by atoms with E-state index in [4.69, 9.17) is 0 Å². The summed E-state index contributed by atoms with van der Waals surface area (Å²) in [7, 11) is 0. The molecule has 0 aliphatic rings. The third-order valence-corrected chi connectivity index (χ3v) is 1.62. The van der Waals surface area contributed by atoms with Crippen LogP contribution in [0.3, 0.4) is 0 Å². The Labute approximate surface area is 75.2 Å². The number of rotatable bonds is 2. The molecular formula is C9H9NO3. The molecule has 0 aliphatic carbocycles. The molecular weight excluding hydrogens is 170 g/mol. The van der Waals surface area contributed by atoms with E-state index in [0.29, 0.717) is 0 Å². The van der Waals surface area contributed by atoms with Gasteiger partial charge in [-0.05, 0) is 6.72 Å². The molecule has 4 heteroatoms. The van der Waals surface area contributed by atoms with Gasteiger partial charge >= 0.3 is 5.91 Å². The van der Waals surface area contributed by atoms with Crippen molar-refractivity contribution in [1.29, 1.82) is 0 Å². The van der Waals surface area contributed by atoms with Gasteiger partial charge in [-0.15, -0.1) is 0 Å². The average molecular weight is 179 g/mol. The first-order chi connectivity index (χ1) is 6.09. The zero-order valence-electron chi connectivity index (χ0n) is 6.84. The quantitative estimate of drug-likeness (QED) is 0.498. The molecule has 0 aliphatic heterocycles. The molecule has 13 heavy (non-hydrogen) atoms. The Kier molecular flexibility index (Phi) is 2.55. The Hall–Kier alpha value is -1.52. The minimum Gasteiger partial charge on any atom is -0.354 e. The van der Waals surface area contributed by atoms with Gasteiger partial charge in [0.15, 0.2) is 0 Å². The number of benzene rings is 1. The van der Waals surface area contributed by atoms with E-state index in [1.54, 1.807) is 18.2 Å². The van der Waals surface area contributed by atoms with Gasteiger partial charge in [0.2, 0.25) is 0 Å². The summed E-state index contributed by atoms with van der Waals surface area (Å²) in [6, 6.07) is 7.72. The van der Waals surface area contributed by atoms with Crippen LogP contribution in [-0.2, 0) is 10.6 Å². The molecule has 2 N–H and O–H groups in total. The maximum absolute atomic E-state index is 10.9. The first kappa shape index (κ1) is 9.57. The normalized spacial score (nSPS) is 10.9. The lowest BCUT2D eigenvalue weighted by Crippen LogP contribution is -2.33. The lowest BCUT2D eigenvalue weighted by molar-refractivity contribution is -0.185. The SMILES string of the molecule is C=NC(=O)C(O)(O)c1ccccc1. The highest BCUT2D eigenvalue weighted by atomic mass is 16.5. The minimum absolute atomic E-state index is 0.0763. The smallest absolute Gasteiger partial charge is 0.310 e. The lowest BCUT2D eigenvalue weighted by Gasteiger charge is -2.16. The highest BCUT2D eigenvalue weighted by Crippen LogP contribution is 2.18. The van der Waals surface area contributed by atoms with Gasteiger partial charge in [0, 0.05) is 5.56 Å². The Morgan fingerprint density at radius 2 is 1.85 bits per heavy atom. The number of amides is 1. The largest absolute Gasteiger partial charge is 0.354 e. The molecule has 0 unspecified atom stereocenters. The predicted molar refractivity (Wildman–Crippen MR) is 47.1 cm³/mol. The molecule has 1 aromatic carbocycles. The standard InChI is InChI=1S/C9H9NO3/c1-10-8(11)9(12,13)7-5-3-2-4-6-7/h2-6,12-13H,1H2. The number of carbonyl (C=O) groups is 1. The number of aliphatic hydroxyl groups is 2. The van der Waals surface area contributed by atoms with Gasteiger partial charge in [0.1, 0.15) is 0 Å². The van der Waals surface area contributed by atoms with Crippen LogP contribution in [0.1, 0.15) is 5.56 Å². The van der Waals surface area contributed by atoms with Crippen molar-refractivity contribution in [3.8, 4) is 0 Å². The second kappa shape index (κ2) is 3.47. The van der Waals surface area contributed by atoms with Crippen molar-refractivity contribution >= 4 is 12.6 Å². The Morgan fingerprint density at radius 3 is 2.31 bits per heavy atom. The molecule has 0 bridgehead atoms. The summed E-state index contributed by atoms with van der Waals surface area (Å²) in [4.78, 5) is 13.9. The molecule has 1 aromatic rings. The molecule has 1 rings (SSSR count). The van der Waals surface area contributed by atoms with Gasteiger partial charge in [0.25, 0.3) is 5.79 Å². The van der Waals surface area contributed by atoms with Gasteiger partial charge in [-0.1, -0.05) is 30.3 Å². The fourth-order valence-corrected chi connectivity index (χ4v) is 0.904. The molecule has 0 atom stereocenters. The Balaban J connectivity index is 3.07. The fourth-order valence-electron chi connectivity index (χ4n) is 0.904. The second-order valence-electron chi connectivity index (χ2n) is 2.50. The van der Waals surface area contributed by atoms with E-state index in [-0.39, 0.29) is 5.56 Å². The summed E-state index contributed by atoms with van der Waals surface area (Å²) in [6.45, 7) is 2.93. The van der Waals surface area contributed by atoms with Crippen molar-refractivity contribution in [2.24, 2.45) is 4.99 Å². The van der Waals surface area contributed by atoms with E-state index in [2.05, 4.69) is 11.7 Å². The number of hydrogen-bond acceptors (Lipinski definition) is 3. The molecule has 0 heterocycles. The molecule has 0 saturated heterocycles. The van der Waals surface area contributed by atoms with Gasteiger partial charge in [-0.3, -0.25) is 4.79 Å². The molecule has 68 valence electrons. The summed E-state index contributed by atoms with van der Waals surface area (Å²) < 4.78 is 0. The Morgan fingerprint density at radius 1 is 1.31 bits per heavy atom. The molecule has 4 nitrogen and oxygen atoms in total. The molecule has 0 aromatic heterocycles. The lowest BCUT2D eigenvalue weighted by atomic mass is 10.1. The van der Waals surface area contributed by atoms with Crippen molar-refractivity contribution in [3.63, 3.8) is 0 Å². The van der Waals surface area contributed by atoms with Crippen molar-refractivity contribution in [2.45, 2.75) is 5.79 Å². The van der Waals surface area contributed by atoms with Gasteiger partial charge in [-0.25, -0.2) is 4.99 Å². The van der Waals surface area contributed by atoms with Crippen LogP contribution in [0.2, 0.25) is 0 Å². The van der Waals surface area contributed by atoms with Crippen LogP contribution in [0.25, 0.3) is 0 Å². The van der Waals surface area contributed by atoms with Crippen LogP contribution in [-0.4, -0.2) is 22.8 Å². The number of hydrogen-bond donors (Lipinski definition) is 2. The van der Waals surface area contributed by atoms with E-state index in [1.165, 1.54) is 12.1 Å². The zero-order valence-corrected chi connectivity index (χ0v) is 6.84. The third-order valence-electron chi connectivity index (χ3n) is 1.62. The second-order valence-corrected chi connectivity index (χ2v) is 2.50. The van der Waals surface area contributed by atoms with Crippen molar-refractivity contribution < 1.29 is 15.0 Å². The van der Waals surface area contributed by atoms with Crippen LogP contribution in [0.4, 0.5) is 0 Å². The molecule has 0 fully saturated rings. The monoisotopic (exact) mass is 179 g/mol. The first-order valence-electron chi connectivity index (χ1n) is 3.60. The minimum atomic E-state index is -2.57. The molecule has 1 amide bonds. The summed E-state index contributed by atoms with van der Waals surface area (Å²) in [5.41, 5.74) is 0.0763. The maximum Gasteiger partial charge on any atom is 0.310 e. The van der Waals surface area contributed by atoms with Gasteiger partial charge in [0.05, 0.1) is 0 Å². The van der Waals surface area contributed by atoms with E-state index in [9.17, 15) is 15.0 Å². The van der Waals surface area contributed by atoms with Crippen molar-refractivity contribution in [2.75, 3.05) is 0 Å². The van der Waals surface area contributed by atoms with Crippen LogP contribution in [0.15, 0.2) is 35.3 Å². The highest BCUT2D eigenvalue weighted by Gasteiger charge is 2.34. The van der Waals surface area contributed by atoms with Crippen LogP contribution in [0.5, 0.6) is 0 Å². The summed E-state index contributed by atoms with van der Waals surface area (Å²) >= 11 is 0. The maximum atomic E-state index is 10.9. The van der Waals surface area contributed by atoms with Crippen LogP contribution in [0, 0.1) is 0 Å². The van der Waals surface area contributed by atoms with Gasteiger partial charge < -0.3 is 10.2 Å². The molecule has 0 saturated carbocycles. The molecule has 0 spiro atoms. The van der Waals surface area contributed by atoms with Crippen LogP contribution < -0.4 is 0 Å². The third kappa shape index (κ3) is 1.80. The predicted octanol–water partition coefficient (Wildman–Crippen LogP) is 0.0512. The van der Waals surface area contributed by atoms with Crippen molar-refractivity contribution in [1.82, 2.24) is 0 Å². The van der Waals surface area contributed by atoms with Crippen LogP contribution >= 0.6 is 0 Å². The Bertz CT molecular complexity index is 319. The van der Waals surface area contributed by atoms with E-state index in [0.717, 1.165) is 0 Å². The topological polar surface area (TPSA) is 69.9 Å². The van der Waals surface area contributed by atoms with E-state index < -0.39 is 11.7 Å². The summed E-state index contributed by atoms with van der Waals surface area (Å²) in [5, 5.41) is 18.7. The fraction of sp³-hybridized carbons (Fsp3) is 0.111. The van der Waals surface area contributed by atoms with E-state index in [1.807, 2.05) is 0 Å². The first-order valence-corrected chi connectivity index (χ1v) is 3.60. The van der Waals surface area contributed by atoms with E-state index >= 15 is 0 Å². The van der Waals surface area contributed by atoms with Crippen molar-refractivity contribution in [3.05, 3.63) is 35.9 Å². The number of nitrogens with zero attached hydrogens (tertiary/aromatic N) is 1. The highest BCUT2D eigenvalue weighted by molar-refractivity contribution is 5.87. The summed E-state index contributed by atoms with van der Waals surface area (Å²) in [6.07, 6.45) is 0. The summed E-state index contributed by atoms with van der Waals surface area (Å²) in [5.74, 6) is -3.65. The number of aliphatic imine (C=N–C) groups is 1.